The van der Waals surface area contributed by atoms with Crippen LogP contribution in [-0.2, 0) is 13.9 Å². The maximum absolute atomic E-state index is 10.5. The number of Topliss-reactive ketones (excluding diaryl/α,β-unsaturated/α-hetero) is 1. The summed E-state index contributed by atoms with van der Waals surface area (Å²) in [5, 5.41) is 17.8. The van der Waals surface area contributed by atoms with Gasteiger partial charge >= 0.3 is 7.82 Å². The molecular formula is C5H11O7P. The first-order valence-corrected chi connectivity index (χ1v) is 4.83. The highest BCUT2D eigenvalue weighted by molar-refractivity contribution is 7.46. The Morgan fingerprint density at radius 3 is 2.23 bits per heavy atom. The molecule has 4 N–H and O–H groups in total. The van der Waals surface area contributed by atoms with Crippen molar-refractivity contribution in [3.8, 4) is 0 Å². The smallest absolute Gasteiger partial charge is 0.388 e. The van der Waals surface area contributed by atoms with E-state index in [1.165, 1.54) is 0 Å². The second-order valence-electron chi connectivity index (χ2n) is 2.41. The fourth-order valence-electron chi connectivity index (χ4n) is 0.536. The van der Waals surface area contributed by atoms with E-state index in [1.807, 2.05) is 0 Å². The van der Waals surface area contributed by atoms with Gasteiger partial charge in [-0.1, -0.05) is 0 Å². The van der Waals surface area contributed by atoms with Crippen LogP contribution in [0.15, 0.2) is 0 Å². The summed E-state index contributed by atoms with van der Waals surface area (Å²) in [6, 6.07) is 0. The first-order chi connectivity index (χ1) is 5.74. The standard InChI is InChI=1S/C5H11O7P/c1-3(6)5(8)4(7)2-12-13(9,10)11/h4-5,7-8H,2H2,1H3,(H2,9,10,11)/t4-,5-/m1/s1/i1+1. The molecule has 78 valence electrons. The summed E-state index contributed by atoms with van der Waals surface area (Å²) >= 11 is 0. The van der Waals surface area contributed by atoms with Gasteiger partial charge in [0.05, 0.1) is 6.61 Å². The second-order valence-corrected chi connectivity index (χ2v) is 3.65. The number of carbonyl (C=O) groups is 1. The molecule has 0 fully saturated rings. The van der Waals surface area contributed by atoms with E-state index in [2.05, 4.69) is 4.52 Å². The number of ketones is 1. The van der Waals surface area contributed by atoms with Gasteiger partial charge in [-0.05, 0) is 6.92 Å². The molecule has 0 aromatic carbocycles. The van der Waals surface area contributed by atoms with Gasteiger partial charge in [0.25, 0.3) is 0 Å². The van der Waals surface area contributed by atoms with Gasteiger partial charge in [-0.3, -0.25) is 9.32 Å². The molecular weight excluding hydrogens is 204 g/mol. The Labute approximate surface area is 74.2 Å². The molecule has 0 aliphatic rings. The number of rotatable bonds is 5. The van der Waals surface area contributed by atoms with Crippen molar-refractivity contribution in [1.82, 2.24) is 0 Å². The molecule has 0 aliphatic heterocycles. The number of phosphoric acid groups is 1. The molecule has 0 spiro atoms. The van der Waals surface area contributed by atoms with Crippen LogP contribution in [0.25, 0.3) is 0 Å². The lowest BCUT2D eigenvalue weighted by atomic mass is 10.2. The Hall–Kier alpha value is -0.300. The SMILES string of the molecule is [13CH3]C(=O)[C@@H](O)[C@H](O)COP(=O)(O)O. The zero-order chi connectivity index (χ0) is 10.6. The maximum atomic E-state index is 10.5. The van der Waals surface area contributed by atoms with Crippen molar-refractivity contribution in [3.05, 3.63) is 0 Å². The minimum atomic E-state index is -4.67. The maximum Gasteiger partial charge on any atom is 0.469 e. The average Bonchev–Trinajstić information content (AvgIpc) is 1.97. The highest BCUT2D eigenvalue weighted by Crippen LogP contribution is 2.35. The minimum Gasteiger partial charge on any atom is -0.388 e. The van der Waals surface area contributed by atoms with Gasteiger partial charge in [-0.2, -0.15) is 0 Å². The van der Waals surface area contributed by atoms with Crippen LogP contribution in [0.5, 0.6) is 0 Å². The number of hydrogen-bond acceptors (Lipinski definition) is 5. The van der Waals surface area contributed by atoms with Gasteiger partial charge in [-0.15, -0.1) is 0 Å². The molecule has 0 aromatic rings. The monoisotopic (exact) mass is 215 g/mol. The van der Waals surface area contributed by atoms with Crippen LogP contribution in [0.2, 0.25) is 0 Å². The van der Waals surface area contributed by atoms with Crippen molar-refractivity contribution in [2.24, 2.45) is 0 Å². The largest absolute Gasteiger partial charge is 0.469 e. The highest BCUT2D eigenvalue weighted by atomic mass is 31.2. The summed E-state index contributed by atoms with van der Waals surface area (Å²) in [5.74, 6) is -0.707. The van der Waals surface area contributed by atoms with E-state index in [1.54, 1.807) is 0 Å². The van der Waals surface area contributed by atoms with Crippen LogP contribution in [-0.4, -0.2) is 44.6 Å². The van der Waals surface area contributed by atoms with E-state index in [0.717, 1.165) is 6.92 Å². The average molecular weight is 215 g/mol. The van der Waals surface area contributed by atoms with Gasteiger partial charge in [0.2, 0.25) is 0 Å². The van der Waals surface area contributed by atoms with E-state index >= 15 is 0 Å². The predicted octanol–water partition coefficient (Wildman–Crippen LogP) is -1.59. The van der Waals surface area contributed by atoms with E-state index in [9.17, 15) is 9.36 Å². The Bertz CT molecular complexity index is 221. The molecule has 0 saturated heterocycles. The van der Waals surface area contributed by atoms with E-state index in [4.69, 9.17) is 20.0 Å². The first-order valence-electron chi connectivity index (χ1n) is 3.30. The van der Waals surface area contributed by atoms with Crippen LogP contribution >= 0.6 is 7.82 Å². The van der Waals surface area contributed by atoms with Gasteiger partial charge < -0.3 is 20.0 Å². The summed E-state index contributed by atoms with van der Waals surface area (Å²) in [5.41, 5.74) is 0. The molecule has 8 heteroatoms. The van der Waals surface area contributed by atoms with E-state index in [-0.39, 0.29) is 0 Å². The Morgan fingerprint density at radius 2 is 1.92 bits per heavy atom. The van der Waals surface area contributed by atoms with Crippen LogP contribution in [0.4, 0.5) is 0 Å². The normalized spacial score (nSPS) is 16.7. The van der Waals surface area contributed by atoms with Gasteiger partial charge in [0.1, 0.15) is 12.2 Å². The third-order valence-corrected chi connectivity index (χ3v) is 1.68. The third-order valence-electron chi connectivity index (χ3n) is 1.19. The molecule has 0 bridgehead atoms. The third kappa shape index (κ3) is 5.87. The lowest BCUT2D eigenvalue weighted by Gasteiger charge is -2.15. The number of phosphoric ester groups is 1. The molecule has 0 saturated carbocycles. The second kappa shape index (κ2) is 4.80. The van der Waals surface area contributed by atoms with Crippen molar-refractivity contribution in [2.75, 3.05) is 6.61 Å². The van der Waals surface area contributed by atoms with Gasteiger partial charge in [-0.25, -0.2) is 4.57 Å². The minimum absolute atomic E-state index is 0.707. The lowest BCUT2D eigenvalue weighted by molar-refractivity contribution is -0.132. The van der Waals surface area contributed by atoms with Crippen molar-refractivity contribution in [3.63, 3.8) is 0 Å². The fourth-order valence-corrected chi connectivity index (χ4v) is 0.882. The molecule has 13 heavy (non-hydrogen) atoms. The Morgan fingerprint density at radius 1 is 1.46 bits per heavy atom. The number of aliphatic hydroxyl groups excluding tert-OH is 2. The summed E-state index contributed by atoms with van der Waals surface area (Å²) in [6.07, 6.45) is -3.32. The lowest BCUT2D eigenvalue weighted by Crippen LogP contribution is -2.35. The fraction of sp³-hybridized carbons (Fsp3) is 0.800. The molecule has 0 rings (SSSR count). The Balaban J connectivity index is 3.95. The van der Waals surface area contributed by atoms with Crippen molar-refractivity contribution < 1.29 is 33.9 Å². The van der Waals surface area contributed by atoms with Crippen molar-refractivity contribution in [2.45, 2.75) is 19.1 Å². The van der Waals surface area contributed by atoms with Crippen molar-refractivity contribution >= 4 is 13.6 Å². The molecule has 0 unspecified atom stereocenters. The first kappa shape index (κ1) is 12.7. The molecule has 7 nitrogen and oxygen atoms in total. The van der Waals surface area contributed by atoms with Crippen LogP contribution < -0.4 is 0 Å². The zero-order valence-corrected chi connectivity index (χ0v) is 7.72. The molecule has 0 amide bonds. The molecule has 2 atom stereocenters. The van der Waals surface area contributed by atoms with Gasteiger partial charge in [0.15, 0.2) is 5.78 Å². The molecule has 0 aliphatic carbocycles. The highest BCUT2D eigenvalue weighted by Gasteiger charge is 2.24. The summed E-state index contributed by atoms with van der Waals surface area (Å²) in [6.45, 7) is 0.233. The van der Waals surface area contributed by atoms with E-state index in [0.29, 0.717) is 0 Å². The number of aliphatic hydroxyl groups is 2. The molecule has 0 aromatic heterocycles. The van der Waals surface area contributed by atoms with Crippen LogP contribution in [0, 0.1) is 0 Å². The molecule has 0 heterocycles. The molecule has 0 radical (unpaired) electrons. The van der Waals surface area contributed by atoms with Crippen LogP contribution in [0.1, 0.15) is 6.92 Å². The van der Waals surface area contributed by atoms with E-state index < -0.39 is 32.4 Å². The quantitative estimate of drug-likeness (QED) is 0.321. The Kier molecular flexibility index (Phi) is 4.69. The summed E-state index contributed by atoms with van der Waals surface area (Å²) in [7, 11) is -4.67. The van der Waals surface area contributed by atoms with Crippen LogP contribution in [0.3, 0.4) is 0 Å². The number of hydrogen-bond donors (Lipinski definition) is 4. The predicted molar refractivity (Wildman–Crippen MR) is 40.7 cm³/mol. The topological polar surface area (TPSA) is 124 Å². The van der Waals surface area contributed by atoms with Crippen molar-refractivity contribution in [1.29, 1.82) is 0 Å². The summed E-state index contributed by atoms with van der Waals surface area (Å²) < 4.78 is 14.0. The number of carbonyl (C=O) groups excluding carboxylic acids is 1. The summed E-state index contributed by atoms with van der Waals surface area (Å²) in [4.78, 5) is 26.8. The zero-order valence-electron chi connectivity index (χ0n) is 6.82. The van der Waals surface area contributed by atoms with Gasteiger partial charge in [0, 0.05) is 0 Å².